The van der Waals surface area contributed by atoms with E-state index in [2.05, 4.69) is 20.9 Å². The van der Waals surface area contributed by atoms with Gasteiger partial charge < -0.3 is 0 Å². The number of halogens is 3. The summed E-state index contributed by atoms with van der Waals surface area (Å²) in [5.41, 5.74) is -0.531. The van der Waals surface area contributed by atoms with Crippen LogP contribution in [0.15, 0.2) is 15.7 Å². The average Bonchev–Trinajstić information content (AvgIpc) is 2.06. The molecule has 0 spiro atoms. The molecule has 0 bridgehead atoms. The Morgan fingerprint density at radius 3 is 2.47 bits per heavy atom. The van der Waals surface area contributed by atoms with Crippen LogP contribution in [0.1, 0.15) is 17.6 Å². The van der Waals surface area contributed by atoms with Crippen LogP contribution < -0.4 is 5.14 Å². The molecule has 2 N–H and O–H groups in total. The molecule has 4 nitrogen and oxygen atoms in total. The second-order valence-electron chi connectivity index (χ2n) is 2.81. The van der Waals surface area contributed by atoms with Crippen molar-refractivity contribution < 1.29 is 17.2 Å². The van der Waals surface area contributed by atoms with Crippen LogP contribution in [0, 0.1) is 6.92 Å². The highest BCUT2D eigenvalue weighted by Crippen LogP contribution is 2.28. The van der Waals surface area contributed by atoms with Gasteiger partial charge in [0.1, 0.15) is 4.60 Å². The van der Waals surface area contributed by atoms with Crippen molar-refractivity contribution in [3.05, 3.63) is 21.8 Å². The van der Waals surface area contributed by atoms with Gasteiger partial charge in [-0.15, -0.1) is 0 Å². The summed E-state index contributed by atoms with van der Waals surface area (Å²) in [6.07, 6.45) is -2.77. The van der Waals surface area contributed by atoms with Gasteiger partial charge in [-0.25, -0.2) is 27.3 Å². The highest BCUT2D eigenvalue weighted by molar-refractivity contribution is 9.10. The molecule has 0 aliphatic heterocycles. The summed E-state index contributed by atoms with van der Waals surface area (Å²) in [5, 5.41) is 4.30. The van der Waals surface area contributed by atoms with Gasteiger partial charge in [0.2, 0.25) is 0 Å². The normalized spacial score (nSPS) is 12.1. The van der Waals surface area contributed by atoms with Crippen LogP contribution in [0.4, 0.5) is 8.78 Å². The first kappa shape index (κ1) is 12.5. The maximum Gasteiger partial charge on any atom is 0.264 e. The Morgan fingerprint density at radius 2 is 2.07 bits per heavy atom. The van der Waals surface area contributed by atoms with Crippen LogP contribution in [-0.4, -0.2) is 13.4 Å². The molecule has 0 aliphatic rings. The van der Waals surface area contributed by atoms with Gasteiger partial charge in [-0.05, 0) is 34.5 Å². The number of sulfonamides is 1. The van der Waals surface area contributed by atoms with Crippen LogP contribution in [0.3, 0.4) is 0 Å². The third-order valence-electron chi connectivity index (χ3n) is 1.74. The Hall–Kier alpha value is -0.600. The van der Waals surface area contributed by atoms with Crippen molar-refractivity contribution in [3.8, 4) is 0 Å². The fraction of sp³-hybridized carbons (Fsp3) is 0.286. The quantitative estimate of drug-likeness (QED) is 0.846. The summed E-state index contributed by atoms with van der Waals surface area (Å²) in [6.45, 7) is 1.24. The van der Waals surface area contributed by atoms with Gasteiger partial charge in [-0.3, -0.25) is 0 Å². The molecule has 0 aromatic carbocycles. The molecule has 84 valence electrons. The maximum atomic E-state index is 12.5. The highest BCUT2D eigenvalue weighted by Gasteiger charge is 2.21. The van der Waals surface area contributed by atoms with Gasteiger partial charge in [0.05, 0.1) is 0 Å². The van der Waals surface area contributed by atoms with Gasteiger partial charge in [0.15, 0.2) is 5.03 Å². The molecule has 0 aliphatic carbocycles. The topological polar surface area (TPSA) is 73.0 Å². The van der Waals surface area contributed by atoms with E-state index in [-0.39, 0.29) is 10.2 Å². The van der Waals surface area contributed by atoms with Crippen molar-refractivity contribution in [1.29, 1.82) is 0 Å². The number of nitrogens with two attached hydrogens (primary N) is 1. The number of pyridine rings is 1. The Balaban J connectivity index is 3.56. The minimum Gasteiger partial charge on any atom is -0.228 e. The summed E-state index contributed by atoms with van der Waals surface area (Å²) in [7, 11) is -4.09. The SMILES string of the molecule is Cc1c(C(F)F)cc(Br)nc1S(N)(=O)=O. The second-order valence-corrected chi connectivity index (χ2v) is 5.10. The molecule has 1 heterocycles. The Morgan fingerprint density at radius 1 is 1.53 bits per heavy atom. The second kappa shape index (κ2) is 4.11. The standard InChI is InChI=1S/C7H7BrF2N2O2S/c1-3-4(6(9)10)2-5(8)12-7(3)15(11,13)14/h2,6H,1H3,(H2,11,13,14). The Labute approximate surface area is 93.7 Å². The number of primary sulfonamides is 1. The molecule has 1 rings (SSSR count). The summed E-state index contributed by atoms with van der Waals surface area (Å²) >= 11 is 2.84. The number of rotatable bonds is 2. The number of hydrogen-bond acceptors (Lipinski definition) is 3. The van der Waals surface area contributed by atoms with Crippen molar-refractivity contribution in [2.24, 2.45) is 5.14 Å². The maximum absolute atomic E-state index is 12.5. The van der Waals surface area contributed by atoms with E-state index in [0.717, 1.165) is 6.07 Å². The van der Waals surface area contributed by atoms with E-state index in [9.17, 15) is 17.2 Å². The lowest BCUT2D eigenvalue weighted by atomic mass is 10.2. The zero-order valence-corrected chi connectivity index (χ0v) is 9.94. The van der Waals surface area contributed by atoms with E-state index >= 15 is 0 Å². The van der Waals surface area contributed by atoms with Crippen LogP contribution in [0.2, 0.25) is 0 Å². The highest BCUT2D eigenvalue weighted by atomic mass is 79.9. The fourth-order valence-electron chi connectivity index (χ4n) is 1.08. The van der Waals surface area contributed by atoms with Crippen LogP contribution in [-0.2, 0) is 10.0 Å². The summed E-state index contributed by atoms with van der Waals surface area (Å²) in [5.74, 6) is 0. The molecular weight excluding hydrogens is 294 g/mol. The van der Waals surface area contributed by atoms with E-state index in [1.54, 1.807) is 0 Å². The molecule has 0 unspecified atom stereocenters. The Bertz CT molecular complexity index is 490. The van der Waals surface area contributed by atoms with E-state index < -0.39 is 27.0 Å². The molecule has 0 saturated carbocycles. The lowest BCUT2D eigenvalue weighted by molar-refractivity contribution is 0.150. The predicted molar refractivity (Wildman–Crippen MR) is 53.0 cm³/mol. The summed E-state index contributed by atoms with van der Waals surface area (Å²) in [4.78, 5) is 3.56. The summed E-state index contributed by atoms with van der Waals surface area (Å²) < 4.78 is 47.1. The fourth-order valence-corrected chi connectivity index (χ4v) is 2.39. The molecule has 0 radical (unpaired) electrons. The molecule has 0 saturated heterocycles. The third-order valence-corrected chi connectivity index (χ3v) is 3.08. The molecule has 1 aromatic heterocycles. The minimum absolute atomic E-state index is 0.00688. The lowest BCUT2D eigenvalue weighted by Gasteiger charge is -2.08. The number of nitrogens with zero attached hydrogens (tertiary/aromatic N) is 1. The third kappa shape index (κ3) is 2.70. The number of aromatic nitrogens is 1. The first-order valence-electron chi connectivity index (χ1n) is 3.71. The monoisotopic (exact) mass is 300 g/mol. The Kier molecular flexibility index (Phi) is 3.41. The van der Waals surface area contributed by atoms with Gasteiger partial charge >= 0.3 is 0 Å². The van der Waals surface area contributed by atoms with Crippen molar-refractivity contribution >= 4 is 26.0 Å². The van der Waals surface area contributed by atoms with Crippen molar-refractivity contribution in [3.63, 3.8) is 0 Å². The first-order chi connectivity index (χ1) is 6.73. The molecule has 0 fully saturated rings. The predicted octanol–water partition coefficient (Wildman–Crippen LogP) is 1.74. The zero-order chi connectivity index (χ0) is 11.8. The van der Waals surface area contributed by atoms with E-state index in [0.29, 0.717) is 0 Å². The van der Waals surface area contributed by atoms with Crippen molar-refractivity contribution in [1.82, 2.24) is 4.98 Å². The number of hydrogen-bond donors (Lipinski definition) is 1. The van der Waals surface area contributed by atoms with Crippen LogP contribution in [0.25, 0.3) is 0 Å². The lowest BCUT2D eigenvalue weighted by Crippen LogP contribution is -2.16. The van der Waals surface area contributed by atoms with Gasteiger partial charge in [0, 0.05) is 5.56 Å². The van der Waals surface area contributed by atoms with Gasteiger partial charge in [0.25, 0.3) is 16.4 Å². The average molecular weight is 301 g/mol. The largest absolute Gasteiger partial charge is 0.264 e. The minimum atomic E-state index is -4.09. The van der Waals surface area contributed by atoms with Gasteiger partial charge in [-0.1, -0.05) is 0 Å². The molecule has 0 atom stereocenters. The molecule has 0 amide bonds. The van der Waals surface area contributed by atoms with E-state index in [1.807, 2.05) is 0 Å². The van der Waals surface area contributed by atoms with E-state index in [1.165, 1.54) is 6.92 Å². The molecule has 15 heavy (non-hydrogen) atoms. The van der Waals surface area contributed by atoms with E-state index in [4.69, 9.17) is 5.14 Å². The molecular formula is C7H7BrF2N2O2S. The zero-order valence-electron chi connectivity index (χ0n) is 7.54. The molecule has 1 aromatic rings. The smallest absolute Gasteiger partial charge is 0.228 e. The van der Waals surface area contributed by atoms with Crippen LogP contribution in [0.5, 0.6) is 0 Å². The van der Waals surface area contributed by atoms with Crippen molar-refractivity contribution in [2.45, 2.75) is 18.4 Å². The summed E-state index contributed by atoms with van der Waals surface area (Å²) in [6, 6.07) is 1.06. The first-order valence-corrected chi connectivity index (χ1v) is 6.05. The van der Waals surface area contributed by atoms with Gasteiger partial charge in [-0.2, -0.15) is 0 Å². The number of alkyl halides is 2. The van der Waals surface area contributed by atoms with Crippen molar-refractivity contribution in [2.75, 3.05) is 0 Å². The van der Waals surface area contributed by atoms with Crippen LogP contribution >= 0.6 is 15.9 Å². The molecule has 8 heteroatoms.